The fourth-order valence-electron chi connectivity index (χ4n) is 8.09. The maximum atomic E-state index is 2.40. The smallest absolute Gasteiger partial charge is 0.0561 e. The highest BCUT2D eigenvalue weighted by molar-refractivity contribution is 6.10. The summed E-state index contributed by atoms with van der Waals surface area (Å²) in [5, 5.41) is 2.47. The van der Waals surface area contributed by atoms with Gasteiger partial charge in [-0.05, 0) is 99.1 Å². The molecule has 0 saturated carbocycles. The van der Waals surface area contributed by atoms with Crippen LogP contribution in [-0.2, 0) is 0 Å². The maximum absolute atomic E-state index is 2.40. The number of benzene rings is 9. The number of rotatable bonds is 8. The first kappa shape index (κ1) is 33.2. The average Bonchev–Trinajstić information content (AvgIpc) is 3.62. The second-order valence-corrected chi connectivity index (χ2v) is 14.2. The molecule has 0 bridgehead atoms. The van der Waals surface area contributed by atoms with E-state index >= 15 is 0 Å². The van der Waals surface area contributed by atoms with E-state index in [1.54, 1.807) is 0 Å². The highest BCUT2D eigenvalue weighted by Gasteiger charge is 2.20. The molecule has 0 radical (unpaired) electrons. The van der Waals surface area contributed by atoms with Crippen LogP contribution in [0.2, 0.25) is 0 Å². The van der Waals surface area contributed by atoms with E-state index in [0.29, 0.717) is 0 Å². The summed E-state index contributed by atoms with van der Waals surface area (Å²) in [5.74, 6) is 0. The molecule has 1 heterocycles. The Bertz CT molecular complexity index is 2910. The number of nitrogens with zero attached hydrogens (tertiary/aromatic N) is 2. The standard InChI is InChI=1S/C54H38N2/c1-5-15-39(16-6-1)41-25-27-44(28-26-41)52-37-47(33-35-49(52)43-19-9-3-10-20-43)55(46-31-29-42(30-32-46)40-17-7-2-8-18-40)48-34-36-51-50-23-13-14-24-53(50)56(54(51)38-48)45-21-11-4-12-22-45/h1-38H. The zero-order valence-electron chi connectivity index (χ0n) is 30.8. The van der Waals surface area contributed by atoms with Crippen molar-refractivity contribution in [2.45, 2.75) is 0 Å². The maximum Gasteiger partial charge on any atom is 0.0561 e. The minimum atomic E-state index is 1.08. The zero-order valence-corrected chi connectivity index (χ0v) is 30.8. The van der Waals surface area contributed by atoms with Gasteiger partial charge in [-0.15, -0.1) is 0 Å². The van der Waals surface area contributed by atoms with E-state index in [-0.39, 0.29) is 0 Å². The summed E-state index contributed by atoms with van der Waals surface area (Å²) in [6.07, 6.45) is 0. The molecule has 0 unspecified atom stereocenters. The lowest BCUT2D eigenvalue weighted by Gasteiger charge is -2.27. The number of hydrogen-bond donors (Lipinski definition) is 0. The second kappa shape index (κ2) is 14.4. The molecule has 10 rings (SSSR count). The van der Waals surface area contributed by atoms with Crippen molar-refractivity contribution >= 4 is 38.9 Å². The SMILES string of the molecule is c1ccc(-c2ccc(-c3cc(N(c4ccc(-c5ccccc5)cc4)c4ccc5c6ccccc6n(-c6ccccc6)c5c4)ccc3-c3ccccc3)cc2)cc1. The first-order chi connectivity index (χ1) is 27.8. The molecule has 0 fully saturated rings. The van der Waals surface area contributed by atoms with Crippen LogP contribution in [0.1, 0.15) is 0 Å². The van der Waals surface area contributed by atoms with E-state index in [1.807, 2.05) is 0 Å². The molecule has 0 N–H and O–H groups in total. The summed E-state index contributed by atoms with van der Waals surface area (Å²) in [5.41, 5.74) is 16.3. The van der Waals surface area contributed by atoms with Crippen LogP contribution in [0, 0.1) is 0 Å². The number of fused-ring (bicyclic) bond motifs is 3. The molecular weight excluding hydrogens is 677 g/mol. The van der Waals surface area contributed by atoms with E-state index in [1.165, 1.54) is 66.3 Å². The molecule has 0 aliphatic carbocycles. The molecule has 56 heavy (non-hydrogen) atoms. The van der Waals surface area contributed by atoms with Crippen LogP contribution in [0.5, 0.6) is 0 Å². The van der Waals surface area contributed by atoms with Crippen molar-refractivity contribution in [1.29, 1.82) is 0 Å². The second-order valence-electron chi connectivity index (χ2n) is 14.2. The van der Waals surface area contributed by atoms with Crippen molar-refractivity contribution in [2.75, 3.05) is 4.90 Å². The average molecular weight is 715 g/mol. The topological polar surface area (TPSA) is 8.17 Å². The summed E-state index contributed by atoms with van der Waals surface area (Å²) in [4.78, 5) is 2.40. The molecule has 10 aromatic rings. The van der Waals surface area contributed by atoms with Crippen LogP contribution in [0.25, 0.3) is 72.0 Å². The van der Waals surface area contributed by atoms with Crippen molar-refractivity contribution < 1.29 is 0 Å². The van der Waals surface area contributed by atoms with Gasteiger partial charge >= 0.3 is 0 Å². The van der Waals surface area contributed by atoms with Crippen molar-refractivity contribution in [2.24, 2.45) is 0 Å². The Labute approximate surface area is 327 Å². The molecule has 2 nitrogen and oxygen atoms in total. The summed E-state index contributed by atoms with van der Waals surface area (Å²) in [7, 11) is 0. The van der Waals surface area contributed by atoms with Crippen LogP contribution in [-0.4, -0.2) is 4.57 Å². The number of anilines is 3. The van der Waals surface area contributed by atoms with Gasteiger partial charge in [-0.25, -0.2) is 0 Å². The summed E-state index contributed by atoms with van der Waals surface area (Å²) >= 11 is 0. The lowest BCUT2D eigenvalue weighted by molar-refractivity contribution is 1.18. The van der Waals surface area contributed by atoms with E-state index in [4.69, 9.17) is 0 Å². The molecule has 0 aliphatic heterocycles. The third-order valence-corrected chi connectivity index (χ3v) is 10.8. The van der Waals surface area contributed by atoms with E-state index in [0.717, 1.165) is 22.7 Å². The van der Waals surface area contributed by atoms with Gasteiger partial charge in [0.15, 0.2) is 0 Å². The normalized spacial score (nSPS) is 11.2. The molecule has 0 amide bonds. The fourth-order valence-corrected chi connectivity index (χ4v) is 8.09. The highest BCUT2D eigenvalue weighted by atomic mass is 15.1. The summed E-state index contributed by atoms with van der Waals surface area (Å²) in [6.45, 7) is 0. The molecular formula is C54H38N2. The fraction of sp³-hybridized carbons (Fsp3) is 0. The van der Waals surface area contributed by atoms with E-state index in [9.17, 15) is 0 Å². The van der Waals surface area contributed by atoms with Crippen LogP contribution >= 0.6 is 0 Å². The molecule has 9 aromatic carbocycles. The Morgan fingerprint density at radius 3 is 1.34 bits per heavy atom. The Morgan fingerprint density at radius 1 is 0.268 bits per heavy atom. The van der Waals surface area contributed by atoms with Gasteiger partial charge in [-0.3, -0.25) is 0 Å². The Hall–Kier alpha value is -7.42. The van der Waals surface area contributed by atoms with Gasteiger partial charge in [0.25, 0.3) is 0 Å². The quantitative estimate of drug-likeness (QED) is 0.152. The van der Waals surface area contributed by atoms with Gasteiger partial charge in [0.1, 0.15) is 0 Å². The van der Waals surface area contributed by atoms with Crippen molar-refractivity contribution in [3.05, 3.63) is 231 Å². The Kier molecular flexibility index (Phi) is 8.55. The summed E-state index contributed by atoms with van der Waals surface area (Å²) in [6, 6.07) is 83.1. The van der Waals surface area contributed by atoms with E-state index < -0.39 is 0 Å². The minimum Gasteiger partial charge on any atom is -0.310 e. The Balaban J connectivity index is 1.18. The van der Waals surface area contributed by atoms with Crippen LogP contribution in [0.15, 0.2) is 231 Å². The van der Waals surface area contributed by atoms with Crippen LogP contribution < -0.4 is 4.90 Å². The van der Waals surface area contributed by atoms with Gasteiger partial charge in [-0.1, -0.05) is 176 Å². The zero-order chi connectivity index (χ0) is 37.3. The largest absolute Gasteiger partial charge is 0.310 e. The van der Waals surface area contributed by atoms with Crippen molar-refractivity contribution in [1.82, 2.24) is 4.57 Å². The predicted molar refractivity (Wildman–Crippen MR) is 237 cm³/mol. The molecule has 0 aliphatic rings. The number of aromatic nitrogens is 1. The molecule has 1 aromatic heterocycles. The van der Waals surface area contributed by atoms with Gasteiger partial charge in [0, 0.05) is 33.5 Å². The first-order valence-electron chi connectivity index (χ1n) is 19.2. The molecule has 0 spiro atoms. The van der Waals surface area contributed by atoms with Gasteiger partial charge < -0.3 is 9.47 Å². The minimum absolute atomic E-state index is 1.08. The summed E-state index contributed by atoms with van der Waals surface area (Å²) < 4.78 is 2.39. The molecule has 2 heteroatoms. The lowest BCUT2D eigenvalue weighted by Crippen LogP contribution is -2.10. The third-order valence-electron chi connectivity index (χ3n) is 10.8. The molecule has 264 valence electrons. The van der Waals surface area contributed by atoms with Crippen LogP contribution in [0.4, 0.5) is 17.1 Å². The van der Waals surface area contributed by atoms with Gasteiger partial charge in [0.05, 0.1) is 11.0 Å². The lowest BCUT2D eigenvalue weighted by atomic mass is 9.92. The first-order valence-corrected chi connectivity index (χ1v) is 19.2. The predicted octanol–water partition coefficient (Wildman–Crippen LogP) is 14.9. The van der Waals surface area contributed by atoms with Gasteiger partial charge in [0.2, 0.25) is 0 Å². The van der Waals surface area contributed by atoms with Crippen LogP contribution in [0.3, 0.4) is 0 Å². The van der Waals surface area contributed by atoms with Crippen molar-refractivity contribution in [3.8, 4) is 50.2 Å². The number of para-hydroxylation sites is 2. The van der Waals surface area contributed by atoms with Gasteiger partial charge in [-0.2, -0.15) is 0 Å². The molecule has 0 atom stereocenters. The third kappa shape index (κ3) is 6.14. The number of hydrogen-bond acceptors (Lipinski definition) is 1. The highest BCUT2D eigenvalue weighted by Crippen LogP contribution is 2.43. The molecule has 0 saturated heterocycles. The Morgan fingerprint density at radius 2 is 0.696 bits per heavy atom. The van der Waals surface area contributed by atoms with Crippen molar-refractivity contribution in [3.63, 3.8) is 0 Å². The van der Waals surface area contributed by atoms with E-state index in [2.05, 4.69) is 240 Å². The monoisotopic (exact) mass is 714 g/mol.